The van der Waals surface area contributed by atoms with Crippen LogP contribution in [-0.2, 0) is 0 Å². The fraction of sp³-hybridized carbons (Fsp3) is 0. The van der Waals surface area contributed by atoms with E-state index in [1.807, 2.05) is 0 Å². The molecule has 2 rings (SSSR count). The Morgan fingerprint density at radius 3 is 1.17 bits per heavy atom. The number of rotatable bonds is 5. The summed E-state index contributed by atoms with van der Waals surface area (Å²) >= 11 is 0. The minimum Gasteiger partial charge on any atom is -0.358 e. The van der Waals surface area contributed by atoms with E-state index in [-0.39, 0.29) is 9.58 Å². The molecule has 0 saturated heterocycles. The van der Waals surface area contributed by atoms with Gasteiger partial charge in [0.05, 0.1) is 9.85 Å². The van der Waals surface area contributed by atoms with Gasteiger partial charge in [0, 0.05) is 0 Å². The summed E-state index contributed by atoms with van der Waals surface area (Å²) < 4.78 is 0. The lowest BCUT2D eigenvalue weighted by Gasteiger charge is -1.92. The van der Waals surface area contributed by atoms with Crippen molar-refractivity contribution in [2.45, 2.75) is 0 Å². The van der Waals surface area contributed by atoms with Gasteiger partial charge < -0.3 is 20.2 Å². The Bertz CT molecular complexity index is 835. The summed E-state index contributed by atoms with van der Waals surface area (Å²) in [5, 5.41) is 50.3. The molecule has 2 heterocycles. The van der Waals surface area contributed by atoms with Gasteiger partial charge in [0.1, 0.15) is 0 Å². The Labute approximate surface area is 127 Å². The van der Waals surface area contributed by atoms with Gasteiger partial charge in [-0.25, -0.2) is 11.7 Å². The SMILES string of the molecule is Nn1nc(-c2nn(N)c([N+](=O)[O-])c2[N+](=O)[O-])c([N+](=O)[O-])c1[N+](=O)[O-]. The lowest BCUT2D eigenvalue weighted by Crippen LogP contribution is -2.13. The zero-order chi connectivity index (χ0) is 18.3. The molecular weight excluding hydrogens is 340 g/mol. The standard InChI is InChI=1S/C6H4N10O8/c7-11-5(15(21)22)3(13(17)18)1(9-11)2-4(14(19)20)6(16(23)24)12(8)10-2/h7-8H2. The molecule has 0 saturated carbocycles. The molecule has 0 aliphatic carbocycles. The maximum absolute atomic E-state index is 11.1. The topological polar surface area (TPSA) is 260 Å². The van der Waals surface area contributed by atoms with Crippen LogP contribution in [0.1, 0.15) is 0 Å². The first kappa shape index (κ1) is 16.0. The third-order valence-electron chi connectivity index (χ3n) is 2.66. The largest absolute Gasteiger partial charge is 0.448 e. The third-order valence-corrected chi connectivity index (χ3v) is 2.66. The monoisotopic (exact) mass is 344 g/mol. The first-order valence-corrected chi connectivity index (χ1v) is 5.42. The smallest absolute Gasteiger partial charge is 0.358 e. The van der Waals surface area contributed by atoms with Crippen LogP contribution >= 0.6 is 0 Å². The number of nitrogens with two attached hydrogens (primary N) is 2. The molecule has 0 atom stereocenters. The minimum atomic E-state index is -1.33. The lowest BCUT2D eigenvalue weighted by atomic mass is 10.2. The van der Waals surface area contributed by atoms with Gasteiger partial charge in [-0.2, -0.15) is 0 Å². The van der Waals surface area contributed by atoms with Crippen molar-refractivity contribution in [1.82, 2.24) is 19.8 Å². The fourth-order valence-corrected chi connectivity index (χ4v) is 1.83. The molecule has 0 aliphatic rings. The zero-order valence-corrected chi connectivity index (χ0v) is 11.0. The van der Waals surface area contributed by atoms with Gasteiger partial charge in [-0.05, 0) is 29.6 Å². The Kier molecular flexibility index (Phi) is 3.41. The molecular formula is C6H4N10O8. The summed E-state index contributed by atoms with van der Waals surface area (Å²) in [6, 6.07) is 0. The molecule has 0 fully saturated rings. The molecule has 0 radical (unpaired) electrons. The maximum atomic E-state index is 11.1. The summed E-state index contributed by atoms with van der Waals surface area (Å²) in [4.78, 5) is 38.7. The second kappa shape index (κ2) is 5.11. The summed E-state index contributed by atoms with van der Waals surface area (Å²) in [5.74, 6) is 7.66. The van der Waals surface area contributed by atoms with Crippen LogP contribution in [0, 0.1) is 40.5 Å². The highest BCUT2D eigenvalue weighted by molar-refractivity contribution is 5.81. The summed E-state index contributed by atoms with van der Waals surface area (Å²) in [7, 11) is 0. The van der Waals surface area contributed by atoms with Crippen LogP contribution in [0.5, 0.6) is 0 Å². The molecule has 0 amide bonds. The van der Waals surface area contributed by atoms with Gasteiger partial charge in [0.25, 0.3) is 0 Å². The summed E-state index contributed by atoms with van der Waals surface area (Å²) in [6.45, 7) is 0. The highest BCUT2D eigenvalue weighted by atomic mass is 16.7. The van der Waals surface area contributed by atoms with E-state index < -0.39 is 54.1 Å². The van der Waals surface area contributed by atoms with Crippen LogP contribution in [0.2, 0.25) is 0 Å². The molecule has 0 aromatic carbocycles. The van der Waals surface area contributed by atoms with E-state index >= 15 is 0 Å². The molecule has 0 bridgehead atoms. The number of nitro groups is 4. The maximum Gasteiger partial charge on any atom is 0.448 e. The van der Waals surface area contributed by atoms with Gasteiger partial charge in [0.2, 0.25) is 11.4 Å². The predicted octanol–water partition coefficient (Wildman–Crippen LogP) is -1.19. The van der Waals surface area contributed by atoms with Crippen molar-refractivity contribution in [3.63, 3.8) is 0 Å². The second-order valence-electron chi connectivity index (χ2n) is 3.96. The Hall–Kier alpha value is -4.38. The van der Waals surface area contributed by atoms with E-state index in [0.717, 1.165) is 0 Å². The van der Waals surface area contributed by atoms with E-state index in [0.29, 0.717) is 0 Å². The van der Waals surface area contributed by atoms with Crippen molar-refractivity contribution in [2.75, 3.05) is 11.7 Å². The number of nitrogen functional groups attached to an aromatic ring is 2. The van der Waals surface area contributed by atoms with E-state index in [4.69, 9.17) is 11.7 Å². The van der Waals surface area contributed by atoms with Crippen LogP contribution < -0.4 is 11.7 Å². The molecule has 2 aromatic heterocycles. The first-order chi connectivity index (χ1) is 11.1. The summed E-state index contributed by atoms with van der Waals surface area (Å²) in [6.07, 6.45) is 0. The molecule has 4 N–H and O–H groups in total. The summed E-state index contributed by atoms with van der Waals surface area (Å²) in [5.41, 5.74) is -4.71. The average Bonchev–Trinajstić information content (AvgIpc) is 2.95. The number of aromatic nitrogens is 4. The van der Waals surface area contributed by atoms with Crippen molar-refractivity contribution < 1.29 is 19.7 Å². The molecule has 2 aromatic rings. The average molecular weight is 344 g/mol. The Balaban J connectivity index is 2.93. The van der Waals surface area contributed by atoms with Gasteiger partial charge in [-0.1, -0.05) is 0 Å². The van der Waals surface area contributed by atoms with Gasteiger partial charge in [-0.15, -0.1) is 0 Å². The Morgan fingerprint density at radius 2 is 0.958 bits per heavy atom. The van der Waals surface area contributed by atoms with E-state index in [2.05, 4.69) is 10.2 Å². The molecule has 0 unspecified atom stereocenters. The van der Waals surface area contributed by atoms with E-state index in [1.165, 1.54) is 0 Å². The number of nitrogens with zero attached hydrogens (tertiary/aromatic N) is 8. The first-order valence-electron chi connectivity index (χ1n) is 5.42. The third kappa shape index (κ3) is 2.15. The number of hydrogen-bond donors (Lipinski definition) is 2. The van der Waals surface area contributed by atoms with Gasteiger partial charge in [0.15, 0.2) is 0 Å². The minimum absolute atomic E-state index is 0.0153. The zero-order valence-electron chi connectivity index (χ0n) is 11.0. The molecule has 18 heteroatoms. The fourth-order valence-electron chi connectivity index (χ4n) is 1.83. The van der Waals surface area contributed by atoms with Crippen molar-refractivity contribution in [3.8, 4) is 11.4 Å². The Morgan fingerprint density at radius 1 is 0.667 bits per heavy atom. The normalized spacial score (nSPS) is 10.5. The highest BCUT2D eigenvalue weighted by Crippen LogP contribution is 2.42. The lowest BCUT2D eigenvalue weighted by molar-refractivity contribution is -0.426. The van der Waals surface area contributed by atoms with E-state index in [9.17, 15) is 40.5 Å². The van der Waals surface area contributed by atoms with Gasteiger partial charge >= 0.3 is 23.0 Å². The molecule has 18 nitrogen and oxygen atoms in total. The second-order valence-corrected chi connectivity index (χ2v) is 3.96. The van der Waals surface area contributed by atoms with Crippen molar-refractivity contribution >= 4 is 23.0 Å². The number of hydrogen-bond acceptors (Lipinski definition) is 12. The molecule has 126 valence electrons. The van der Waals surface area contributed by atoms with Crippen LogP contribution in [0.4, 0.5) is 23.0 Å². The quantitative estimate of drug-likeness (QED) is 0.368. The van der Waals surface area contributed by atoms with Crippen LogP contribution in [0.25, 0.3) is 11.4 Å². The predicted molar refractivity (Wildman–Crippen MR) is 70.4 cm³/mol. The molecule has 0 spiro atoms. The van der Waals surface area contributed by atoms with E-state index in [1.54, 1.807) is 0 Å². The van der Waals surface area contributed by atoms with Crippen LogP contribution in [0.3, 0.4) is 0 Å². The van der Waals surface area contributed by atoms with Gasteiger partial charge in [-0.3, -0.25) is 20.2 Å². The molecule has 24 heavy (non-hydrogen) atoms. The highest BCUT2D eigenvalue weighted by Gasteiger charge is 2.46. The van der Waals surface area contributed by atoms with Crippen molar-refractivity contribution in [1.29, 1.82) is 0 Å². The van der Waals surface area contributed by atoms with Crippen molar-refractivity contribution in [2.24, 2.45) is 0 Å². The molecule has 0 aliphatic heterocycles. The van der Waals surface area contributed by atoms with Crippen LogP contribution in [-0.4, -0.2) is 39.5 Å². The van der Waals surface area contributed by atoms with Crippen molar-refractivity contribution in [3.05, 3.63) is 40.5 Å². The van der Waals surface area contributed by atoms with Crippen LogP contribution in [0.15, 0.2) is 0 Å².